The Kier molecular flexibility index (Phi) is 4.80. The van der Waals surface area contributed by atoms with Gasteiger partial charge in [-0.15, -0.1) is 0 Å². The van der Waals surface area contributed by atoms with Crippen LogP contribution in [0.3, 0.4) is 0 Å². The minimum atomic E-state index is -4.43. The Morgan fingerprint density at radius 2 is 1.90 bits per heavy atom. The number of nitrogens with one attached hydrogen (secondary N) is 1. The number of pyridine rings is 1. The molecule has 0 atom stereocenters. The van der Waals surface area contributed by atoms with Crippen molar-refractivity contribution in [3.8, 4) is 5.75 Å². The summed E-state index contributed by atoms with van der Waals surface area (Å²) in [4.78, 5) is 4.16. The van der Waals surface area contributed by atoms with E-state index in [0.717, 1.165) is 11.6 Å². The van der Waals surface area contributed by atoms with Crippen molar-refractivity contribution in [2.75, 3.05) is 7.05 Å². The first-order valence-electron chi connectivity index (χ1n) is 6.38. The molecule has 1 N–H and O–H groups in total. The highest BCUT2D eigenvalue weighted by Gasteiger charge is 2.33. The average molecular weight is 296 g/mol. The van der Waals surface area contributed by atoms with Crippen LogP contribution in [-0.4, -0.2) is 12.0 Å². The number of hydrogen-bond acceptors (Lipinski definition) is 3. The summed E-state index contributed by atoms with van der Waals surface area (Å²) in [6.07, 6.45) is -2.76. The van der Waals surface area contributed by atoms with Crippen LogP contribution >= 0.6 is 0 Å². The van der Waals surface area contributed by atoms with Gasteiger partial charge in [-0.3, -0.25) is 4.98 Å². The Morgan fingerprint density at radius 1 is 1.14 bits per heavy atom. The zero-order valence-corrected chi connectivity index (χ0v) is 11.4. The van der Waals surface area contributed by atoms with E-state index >= 15 is 0 Å². The van der Waals surface area contributed by atoms with Gasteiger partial charge in [0.2, 0.25) is 0 Å². The molecule has 3 nitrogen and oxygen atoms in total. The van der Waals surface area contributed by atoms with Crippen molar-refractivity contribution in [2.45, 2.75) is 19.3 Å². The zero-order valence-electron chi connectivity index (χ0n) is 11.4. The van der Waals surface area contributed by atoms with Gasteiger partial charge in [-0.1, -0.05) is 18.2 Å². The Balaban J connectivity index is 2.06. The molecule has 0 fully saturated rings. The van der Waals surface area contributed by atoms with Crippen LogP contribution in [0.1, 0.15) is 16.8 Å². The van der Waals surface area contributed by atoms with Gasteiger partial charge in [-0.25, -0.2) is 0 Å². The fraction of sp³-hybridized carbons (Fsp3) is 0.267. The molecule has 1 heterocycles. The molecule has 2 aromatic rings. The lowest BCUT2D eigenvalue weighted by atomic mass is 10.2. The summed E-state index contributed by atoms with van der Waals surface area (Å²) in [5, 5.41) is 2.99. The van der Waals surface area contributed by atoms with E-state index in [1.54, 1.807) is 12.3 Å². The smallest absolute Gasteiger partial charge is 0.419 e. The van der Waals surface area contributed by atoms with Gasteiger partial charge in [-0.05, 0) is 30.8 Å². The summed E-state index contributed by atoms with van der Waals surface area (Å²) >= 11 is 0. The number of hydrogen-bond donors (Lipinski definition) is 1. The van der Waals surface area contributed by atoms with Gasteiger partial charge in [0.25, 0.3) is 0 Å². The van der Waals surface area contributed by atoms with Gasteiger partial charge in [0.05, 0.1) is 11.3 Å². The van der Waals surface area contributed by atoms with Crippen LogP contribution in [0, 0.1) is 0 Å². The molecule has 0 radical (unpaired) electrons. The minimum Gasteiger partial charge on any atom is -0.487 e. The number of rotatable bonds is 5. The van der Waals surface area contributed by atoms with Gasteiger partial charge in [0, 0.05) is 12.7 Å². The van der Waals surface area contributed by atoms with Crippen LogP contribution in [0.5, 0.6) is 5.75 Å². The Morgan fingerprint density at radius 3 is 2.52 bits per heavy atom. The first-order valence-corrected chi connectivity index (χ1v) is 6.38. The van der Waals surface area contributed by atoms with E-state index in [-0.39, 0.29) is 12.4 Å². The molecule has 112 valence electrons. The third-order valence-corrected chi connectivity index (χ3v) is 2.83. The summed E-state index contributed by atoms with van der Waals surface area (Å²) in [7, 11) is 1.82. The number of alkyl halides is 3. The van der Waals surface area contributed by atoms with E-state index in [1.165, 1.54) is 18.2 Å². The maximum atomic E-state index is 12.8. The summed E-state index contributed by atoms with van der Waals surface area (Å²) < 4.78 is 43.7. The molecule has 1 aromatic heterocycles. The molecule has 0 aliphatic rings. The van der Waals surface area contributed by atoms with E-state index in [1.807, 2.05) is 13.1 Å². The van der Waals surface area contributed by atoms with Crippen molar-refractivity contribution in [1.29, 1.82) is 0 Å². The molecular weight excluding hydrogens is 281 g/mol. The maximum absolute atomic E-state index is 12.8. The number of para-hydroxylation sites is 1. The van der Waals surface area contributed by atoms with Crippen LogP contribution in [0.4, 0.5) is 13.2 Å². The van der Waals surface area contributed by atoms with Gasteiger partial charge < -0.3 is 10.1 Å². The second-order valence-electron chi connectivity index (χ2n) is 4.47. The predicted octanol–water partition coefficient (Wildman–Crippen LogP) is 3.40. The van der Waals surface area contributed by atoms with Crippen molar-refractivity contribution in [3.63, 3.8) is 0 Å². The number of nitrogens with zero attached hydrogens (tertiary/aromatic N) is 1. The van der Waals surface area contributed by atoms with Gasteiger partial charge in [0.15, 0.2) is 0 Å². The second kappa shape index (κ2) is 6.58. The van der Waals surface area contributed by atoms with Crippen molar-refractivity contribution < 1.29 is 17.9 Å². The lowest BCUT2D eigenvalue weighted by molar-refractivity contribution is -0.139. The summed E-state index contributed by atoms with van der Waals surface area (Å²) in [6, 6.07) is 8.74. The molecule has 0 saturated heterocycles. The number of benzene rings is 1. The quantitative estimate of drug-likeness (QED) is 0.918. The molecular formula is C15H15F3N2O. The lowest BCUT2D eigenvalue weighted by Crippen LogP contribution is -2.09. The Hall–Kier alpha value is -2.08. The topological polar surface area (TPSA) is 34.1 Å². The monoisotopic (exact) mass is 296 g/mol. The molecule has 0 bridgehead atoms. The van der Waals surface area contributed by atoms with Crippen molar-refractivity contribution >= 4 is 0 Å². The van der Waals surface area contributed by atoms with Crippen molar-refractivity contribution in [1.82, 2.24) is 10.3 Å². The lowest BCUT2D eigenvalue weighted by Gasteiger charge is -2.13. The molecule has 2 rings (SSSR count). The van der Waals surface area contributed by atoms with E-state index in [2.05, 4.69) is 10.3 Å². The molecule has 21 heavy (non-hydrogen) atoms. The van der Waals surface area contributed by atoms with Gasteiger partial charge >= 0.3 is 6.18 Å². The first-order chi connectivity index (χ1) is 10.0. The molecule has 6 heteroatoms. The Bertz CT molecular complexity index is 582. The van der Waals surface area contributed by atoms with Gasteiger partial charge in [-0.2, -0.15) is 13.2 Å². The number of ether oxygens (including phenoxy) is 1. The molecule has 0 unspecified atom stereocenters. The highest BCUT2D eigenvalue weighted by molar-refractivity contribution is 5.35. The highest BCUT2D eigenvalue weighted by Crippen LogP contribution is 2.36. The zero-order chi connectivity index (χ0) is 15.3. The van der Waals surface area contributed by atoms with E-state index in [0.29, 0.717) is 12.2 Å². The first kappa shape index (κ1) is 15.3. The summed E-state index contributed by atoms with van der Waals surface area (Å²) in [5.74, 6) is -0.189. The highest BCUT2D eigenvalue weighted by atomic mass is 19.4. The Labute approximate surface area is 120 Å². The maximum Gasteiger partial charge on any atom is 0.419 e. The third-order valence-electron chi connectivity index (χ3n) is 2.83. The number of aromatic nitrogens is 1. The van der Waals surface area contributed by atoms with E-state index in [9.17, 15) is 13.2 Å². The predicted molar refractivity (Wildman–Crippen MR) is 72.8 cm³/mol. The van der Waals surface area contributed by atoms with Crippen LogP contribution in [0.15, 0.2) is 42.6 Å². The SMILES string of the molecule is CNCc1ccc(COc2ccccc2C(F)(F)F)nc1. The molecule has 0 aliphatic heterocycles. The summed E-state index contributed by atoms with van der Waals surface area (Å²) in [5.41, 5.74) is 0.792. The van der Waals surface area contributed by atoms with Crippen LogP contribution < -0.4 is 10.1 Å². The molecule has 0 saturated carbocycles. The van der Waals surface area contributed by atoms with Crippen LogP contribution in [0.2, 0.25) is 0 Å². The van der Waals surface area contributed by atoms with Crippen LogP contribution in [0.25, 0.3) is 0 Å². The van der Waals surface area contributed by atoms with Gasteiger partial charge in [0.1, 0.15) is 12.4 Å². The number of halogens is 3. The molecule has 1 aromatic carbocycles. The fourth-order valence-electron chi connectivity index (χ4n) is 1.83. The fourth-order valence-corrected chi connectivity index (χ4v) is 1.83. The average Bonchev–Trinajstić information content (AvgIpc) is 2.46. The standard InChI is InChI=1S/C15H15F3N2O/c1-19-8-11-6-7-12(20-9-11)10-21-14-5-3-2-4-13(14)15(16,17)18/h2-7,9,19H,8,10H2,1H3. The van der Waals surface area contributed by atoms with E-state index < -0.39 is 11.7 Å². The van der Waals surface area contributed by atoms with Crippen molar-refractivity contribution in [2.24, 2.45) is 0 Å². The van der Waals surface area contributed by atoms with E-state index in [4.69, 9.17) is 4.74 Å². The molecule has 0 spiro atoms. The molecule has 0 amide bonds. The minimum absolute atomic E-state index is 0.00702. The largest absolute Gasteiger partial charge is 0.487 e. The summed E-state index contributed by atoms with van der Waals surface area (Å²) in [6.45, 7) is 0.679. The second-order valence-corrected chi connectivity index (χ2v) is 4.47. The molecule has 0 aliphatic carbocycles. The van der Waals surface area contributed by atoms with Crippen molar-refractivity contribution in [3.05, 3.63) is 59.4 Å². The normalized spacial score (nSPS) is 11.4. The third kappa shape index (κ3) is 4.19. The van der Waals surface area contributed by atoms with Crippen LogP contribution in [-0.2, 0) is 19.3 Å².